The van der Waals surface area contributed by atoms with Gasteiger partial charge in [-0.1, -0.05) is 12.1 Å². The van der Waals surface area contributed by atoms with Gasteiger partial charge in [0.25, 0.3) is 0 Å². The SMILES string of the molecule is CC(NC(=O)CN(CC(O)c1ccc(F)cc1)C1CC1)c1ccco1. The van der Waals surface area contributed by atoms with E-state index in [0.717, 1.165) is 12.8 Å². The van der Waals surface area contributed by atoms with Crippen LogP contribution in [0.5, 0.6) is 0 Å². The van der Waals surface area contributed by atoms with Gasteiger partial charge in [-0.2, -0.15) is 0 Å². The third-order valence-corrected chi connectivity index (χ3v) is 4.42. The van der Waals surface area contributed by atoms with E-state index in [-0.39, 0.29) is 24.3 Å². The van der Waals surface area contributed by atoms with Crippen molar-refractivity contribution < 1.29 is 18.7 Å². The molecule has 0 aliphatic heterocycles. The molecule has 2 atom stereocenters. The number of hydrogen-bond donors (Lipinski definition) is 2. The van der Waals surface area contributed by atoms with Crippen molar-refractivity contribution in [1.82, 2.24) is 10.2 Å². The maximum atomic E-state index is 13.0. The fraction of sp³-hybridized carbons (Fsp3) is 0.421. The molecular weight excluding hydrogens is 323 g/mol. The first kappa shape index (κ1) is 17.6. The Balaban J connectivity index is 1.56. The van der Waals surface area contributed by atoms with Gasteiger partial charge in [0.1, 0.15) is 11.6 Å². The molecule has 6 heteroatoms. The van der Waals surface area contributed by atoms with Crippen molar-refractivity contribution in [3.63, 3.8) is 0 Å². The van der Waals surface area contributed by atoms with Crippen LogP contribution in [-0.4, -0.2) is 35.0 Å². The molecule has 1 aliphatic rings. The molecule has 1 aliphatic carbocycles. The first-order valence-electron chi connectivity index (χ1n) is 8.53. The van der Waals surface area contributed by atoms with E-state index in [1.165, 1.54) is 12.1 Å². The summed E-state index contributed by atoms with van der Waals surface area (Å²) < 4.78 is 18.3. The Hall–Kier alpha value is -2.18. The predicted molar refractivity (Wildman–Crippen MR) is 91.2 cm³/mol. The maximum absolute atomic E-state index is 13.0. The molecule has 5 nitrogen and oxygen atoms in total. The summed E-state index contributed by atoms with van der Waals surface area (Å²) in [4.78, 5) is 14.3. The number of nitrogens with one attached hydrogen (secondary N) is 1. The summed E-state index contributed by atoms with van der Waals surface area (Å²) >= 11 is 0. The monoisotopic (exact) mass is 346 g/mol. The molecule has 3 rings (SSSR count). The third kappa shape index (κ3) is 4.90. The van der Waals surface area contributed by atoms with Crippen molar-refractivity contribution in [2.75, 3.05) is 13.1 Å². The summed E-state index contributed by atoms with van der Waals surface area (Å²) in [6.45, 7) is 2.43. The average Bonchev–Trinajstić information content (AvgIpc) is 3.28. The number of rotatable bonds is 8. The Morgan fingerprint density at radius 3 is 2.68 bits per heavy atom. The van der Waals surface area contributed by atoms with E-state index in [1.807, 2.05) is 17.9 Å². The van der Waals surface area contributed by atoms with Crippen molar-refractivity contribution >= 4 is 5.91 Å². The van der Waals surface area contributed by atoms with Crippen molar-refractivity contribution in [1.29, 1.82) is 0 Å². The maximum Gasteiger partial charge on any atom is 0.234 e. The predicted octanol–water partition coefficient (Wildman–Crippen LogP) is 2.79. The zero-order chi connectivity index (χ0) is 17.8. The highest BCUT2D eigenvalue weighted by atomic mass is 19.1. The van der Waals surface area contributed by atoms with Crippen LogP contribution in [0.15, 0.2) is 47.1 Å². The normalized spacial score (nSPS) is 16.6. The molecule has 1 fully saturated rings. The third-order valence-electron chi connectivity index (χ3n) is 4.42. The van der Waals surface area contributed by atoms with Crippen molar-refractivity contribution in [2.24, 2.45) is 0 Å². The zero-order valence-corrected chi connectivity index (χ0v) is 14.2. The highest BCUT2D eigenvalue weighted by molar-refractivity contribution is 5.78. The quantitative estimate of drug-likeness (QED) is 0.771. The highest BCUT2D eigenvalue weighted by Gasteiger charge is 2.32. The van der Waals surface area contributed by atoms with Gasteiger partial charge in [-0.3, -0.25) is 9.69 Å². The fourth-order valence-electron chi connectivity index (χ4n) is 2.88. The van der Waals surface area contributed by atoms with E-state index in [4.69, 9.17) is 4.42 Å². The number of furan rings is 1. The van der Waals surface area contributed by atoms with Crippen LogP contribution in [0.2, 0.25) is 0 Å². The summed E-state index contributed by atoms with van der Waals surface area (Å²) in [6, 6.07) is 9.53. The van der Waals surface area contributed by atoms with E-state index in [0.29, 0.717) is 23.9 Å². The van der Waals surface area contributed by atoms with Gasteiger partial charge in [0, 0.05) is 12.6 Å². The molecule has 2 N–H and O–H groups in total. The average molecular weight is 346 g/mol. The second-order valence-electron chi connectivity index (χ2n) is 6.53. The minimum absolute atomic E-state index is 0.109. The van der Waals surface area contributed by atoms with E-state index in [2.05, 4.69) is 5.32 Å². The van der Waals surface area contributed by atoms with Gasteiger partial charge in [-0.05, 0) is 49.6 Å². The number of nitrogens with zero attached hydrogens (tertiary/aromatic N) is 1. The molecule has 1 aromatic heterocycles. The van der Waals surface area contributed by atoms with Gasteiger partial charge in [0.15, 0.2) is 0 Å². The Kier molecular flexibility index (Phi) is 5.50. The van der Waals surface area contributed by atoms with Gasteiger partial charge in [-0.15, -0.1) is 0 Å². The van der Waals surface area contributed by atoms with Crippen molar-refractivity contribution in [2.45, 2.75) is 38.0 Å². The molecule has 0 radical (unpaired) electrons. The molecule has 1 heterocycles. The second-order valence-corrected chi connectivity index (χ2v) is 6.53. The van der Waals surface area contributed by atoms with Crippen LogP contribution >= 0.6 is 0 Å². The molecular formula is C19H23FN2O3. The summed E-state index contributed by atoms with van der Waals surface area (Å²) in [6.07, 6.45) is 2.87. The lowest BCUT2D eigenvalue weighted by Crippen LogP contribution is -2.41. The number of aliphatic hydroxyl groups is 1. The van der Waals surface area contributed by atoms with E-state index >= 15 is 0 Å². The molecule has 1 aromatic carbocycles. The molecule has 2 unspecified atom stereocenters. The Morgan fingerprint density at radius 2 is 2.08 bits per heavy atom. The molecule has 1 saturated carbocycles. The van der Waals surface area contributed by atoms with E-state index in [1.54, 1.807) is 24.5 Å². The Bertz CT molecular complexity index is 683. The zero-order valence-electron chi connectivity index (χ0n) is 14.2. The van der Waals surface area contributed by atoms with Gasteiger partial charge >= 0.3 is 0 Å². The molecule has 0 saturated heterocycles. The minimum Gasteiger partial charge on any atom is -0.467 e. The number of carbonyl (C=O) groups is 1. The van der Waals surface area contributed by atoms with Crippen LogP contribution in [-0.2, 0) is 4.79 Å². The van der Waals surface area contributed by atoms with Gasteiger partial charge < -0.3 is 14.8 Å². The Labute approximate surface area is 146 Å². The highest BCUT2D eigenvalue weighted by Crippen LogP contribution is 2.28. The largest absolute Gasteiger partial charge is 0.467 e. The number of carbonyl (C=O) groups excluding carboxylic acids is 1. The first-order valence-corrected chi connectivity index (χ1v) is 8.53. The van der Waals surface area contributed by atoms with Crippen molar-refractivity contribution in [3.05, 3.63) is 59.8 Å². The standard InChI is InChI=1S/C19H23FN2O3/c1-13(18-3-2-10-25-18)21-19(24)12-22(16-8-9-16)11-17(23)14-4-6-15(20)7-5-14/h2-7,10,13,16-17,23H,8-9,11-12H2,1H3,(H,21,24). The van der Waals surface area contributed by atoms with E-state index in [9.17, 15) is 14.3 Å². The first-order chi connectivity index (χ1) is 12.0. The van der Waals surface area contributed by atoms with Crippen LogP contribution in [0.3, 0.4) is 0 Å². The van der Waals surface area contributed by atoms with E-state index < -0.39 is 6.10 Å². The van der Waals surface area contributed by atoms with Gasteiger partial charge in [-0.25, -0.2) is 4.39 Å². The number of amides is 1. The lowest BCUT2D eigenvalue weighted by Gasteiger charge is -2.25. The van der Waals surface area contributed by atoms with Gasteiger partial charge in [0.05, 0.1) is 25.0 Å². The van der Waals surface area contributed by atoms with Crippen LogP contribution in [0.1, 0.15) is 43.2 Å². The summed E-state index contributed by atoms with van der Waals surface area (Å²) in [5.74, 6) is 0.265. The smallest absolute Gasteiger partial charge is 0.234 e. The molecule has 0 spiro atoms. The minimum atomic E-state index is -0.753. The molecule has 25 heavy (non-hydrogen) atoms. The molecule has 134 valence electrons. The number of halogens is 1. The number of aliphatic hydroxyl groups excluding tert-OH is 1. The summed E-state index contributed by atoms with van der Waals surface area (Å²) in [5.41, 5.74) is 0.649. The fourth-order valence-corrected chi connectivity index (χ4v) is 2.88. The summed E-state index contributed by atoms with van der Waals surface area (Å²) in [5, 5.41) is 13.3. The molecule has 1 amide bonds. The van der Waals surface area contributed by atoms with Gasteiger partial charge in [0.2, 0.25) is 5.91 Å². The lowest BCUT2D eigenvalue weighted by atomic mass is 10.1. The number of benzene rings is 1. The van der Waals surface area contributed by atoms with Crippen LogP contribution in [0, 0.1) is 5.82 Å². The topological polar surface area (TPSA) is 65.7 Å². The Morgan fingerprint density at radius 1 is 1.36 bits per heavy atom. The molecule has 2 aromatic rings. The van der Waals surface area contributed by atoms with Crippen molar-refractivity contribution in [3.8, 4) is 0 Å². The molecule has 0 bridgehead atoms. The van der Waals surface area contributed by atoms with Crippen LogP contribution in [0.4, 0.5) is 4.39 Å². The summed E-state index contributed by atoms with van der Waals surface area (Å²) in [7, 11) is 0. The lowest BCUT2D eigenvalue weighted by molar-refractivity contribution is -0.123. The second kappa shape index (κ2) is 7.80. The van der Waals surface area contributed by atoms with Crippen LogP contribution in [0.25, 0.3) is 0 Å². The van der Waals surface area contributed by atoms with Crippen LogP contribution < -0.4 is 5.32 Å². The number of hydrogen-bond acceptors (Lipinski definition) is 4.